The normalized spacial score (nSPS) is 15.2. The van der Waals surface area contributed by atoms with Crippen LogP contribution in [0.5, 0.6) is 0 Å². The number of alkyl halides is 3. The summed E-state index contributed by atoms with van der Waals surface area (Å²) in [6.07, 6.45) is -4.18. The number of nitriles is 1. The molecule has 0 bridgehead atoms. The van der Waals surface area contributed by atoms with Crippen molar-refractivity contribution < 1.29 is 22.7 Å². The Labute approximate surface area is 190 Å². The number of piperazine rings is 1. The van der Waals surface area contributed by atoms with E-state index in [2.05, 4.69) is 14.9 Å². The molecule has 1 aliphatic rings. The van der Waals surface area contributed by atoms with Gasteiger partial charge in [-0.15, -0.1) is 0 Å². The van der Waals surface area contributed by atoms with E-state index in [-0.39, 0.29) is 23.1 Å². The van der Waals surface area contributed by atoms with Crippen molar-refractivity contribution in [3.05, 3.63) is 41.7 Å². The highest BCUT2D eigenvalue weighted by Crippen LogP contribution is 2.32. The Bertz CT molecular complexity index is 1040. The van der Waals surface area contributed by atoms with Crippen LogP contribution in [0.1, 0.15) is 38.6 Å². The standard InChI is InChI=1S/C23H26F3N5O2/c1-22(2,3)33-21(32)7-8-30-9-11-31(12-10-30)20-14-18(28-19(15-27)29-20)16-5-4-6-17(13-16)23(24,25)26/h4-6,13-14H,7-12H2,1-3H3. The van der Waals surface area contributed by atoms with Gasteiger partial charge < -0.3 is 9.64 Å². The molecular formula is C23H26F3N5O2. The number of halogens is 3. The van der Waals surface area contributed by atoms with E-state index in [0.29, 0.717) is 45.0 Å². The molecule has 0 spiro atoms. The van der Waals surface area contributed by atoms with E-state index in [4.69, 9.17) is 4.74 Å². The van der Waals surface area contributed by atoms with E-state index >= 15 is 0 Å². The molecule has 0 amide bonds. The summed E-state index contributed by atoms with van der Waals surface area (Å²) in [4.78, 5) is 24.4. The maximum Gasteiger partial charge on any atom is 0.416 e. The van der Waals surface area contributed by atoms with Gasteiger partial charge in [0.2, 0.25) is 5.82 Å². The average molecular weight is 461 g/mol. The smallest absolute Gasteiger partial charge is 0.416 e. The molecule has 2 heterocycles. The number of anilines is 1. The lowest BCUT2D eigenvalue weighted by atomic mass is 10.1. The number of benzene rings is 1. The second-order valence-corrected chi connectivity index (χ2v) is 8.79. The first-order valence-corrected chi connectivity index (χ1v) is 10.6. The molecule has 2 aromatic rings. The zero-order valence-electron chi connectivity index (χ0n) is 18.8. The summed E-state index contributed by atoms with van der Waals surface area (Å²) in [6.45, 7) is 8.60. The van der Waals surface area contributed by atoms with Gasteiger partial charge in [0.25, 0.3) is 0 Å². The van der Waals surface area contributed by atoms with Crippen LogP contribution >= 0.6 is 0 Å². The third kappa shape index (κ3) is 6.89. The van der Waals surface area contributed by atoms with Crippen LogP contribution in [0.25, 0.3) is 11.3 Å². The van der Waals surface area contributed by atoms with Gasteiger partial charge in [0, 0.05) is 44.4 Å². The lowest BCUT2D eigenvalue weighted by Gasteiger charge is -2.35. The molecule has 1 aromatic heterocycles. The van der Waals surface area contributed by atoms with Gasteiger partial charge in [-0.05, 0) is 32.9 Å². The van der Waals surface area contributed by atoms with Crippen LogP contribution in [-0.4, -0.2) is 59.2 Å². The average Bonchev–Trinajstić information content (AvgIpc) is 2.76. The van der Waals surface area contributed by atoms with Gasteiger partial charge in [0.15, 0.2) is 0 Å². The number of nitrogens with zero attached hydrogens (tertiary/aromatic N) is 5. The summed E-state index contributed by atoms with van der Waals surface area (Å²) in [5.41, 5.74) is -0.772. The highest BCUT2D eigenvalue weighted by Gasteiger charge is 2.30. The van der Waals surface area contributed by atoms with E-state index in [0.717, 1.165) is 12.1 Å². The van der Waals surface area contributed by atoms with Crippen molar-refractivity contribution in [1.29, 1.82) is 5.26 Å². The van der Waals surface area contributed by atoms with Crippen molar-refractivity contribution in [2.24, 2.45) is 0 Å². The number of esters is 1. The maximum absolute atomic E-state index is 13.1. The molecule has 0 atom stereocenters. The van der Waals surface area contributed by atoms with Crippen molar-refractivity contribution in [3.63, 3.8) is 0 Å². The second kappa shape index (κ2) is 9.75. The molecule has 33 heavy (non-hydrogen) atoms. The fourth-order valence-corrected chi connectivity index (χ4v) is 3.49. The molecule has 1 aliphatic heterocycles. The summed E-state index contributed by atoms with van der Waals surface area (Å²) in [7, 11) is 0. The number of carbonyl (C=O) groups excluding carboxylic acids is 1. The Morgan fingerprint density at radius 3 is 2.42 bits per heavy atom. The van der Waals surface area contributed by atoms with E-state index in [1.807, 2.05) is 31.7 Å². The summed E-state index contributed by atoms with van der Waals surface area (Å²) in [5.74, 6) is 0.137. The predicted molar refractivity (Wildman–Crippen MR) is 116 cm³/mol. The fourth-order valence-electron chi connectivity index (χ4n) is 3.49. The molecule has 0 aliphatic carbocycles. The van der Waals surface area contributed by atoms with E-state index < -0.39 is 17.3 Å². The minimum absolute atomic E-state index is 0.104. The van der Waals surface area contributed by atoms with Gasteiger partial charge in [0.05, 0.1) is 17.7 Å². The number of carbonyl (C=O) groups is 1. The number of rotatable bonds is 5. The quantitative estimate of drug-likeness (QED) is 0.625. The first-order valence-electron chi connectivity index (χ1n) is 10.6. The molecular weight excluding hydrogens is 435 g/mol. The largest absolute Gasteiger partial charge is 0.460 e. The van der Waals surface area contributed by atoms with Crippen molar-refractivity contribution in [2.45, 2.75) is 39.0 Å². The molecule has 0 radical (unpaired) electrons. The topological polar surface area (TPSA) is 82.4 Å². The van der Waals surface area contributed by atoms with Crippen LogP contribution in [0.3, 0.4) is 0 Å². The van der Waals surface area contributed by atoms with Crippen molar-refractivity contribution in [1.82, 2.24) is 14.9 Å². The maximum atomic E-state index is 13.1. The molecule has 0 N–H and O–H groups in total. The van der Waals surface area contributed by atoms with Crippen molar-refractivity contribution in [3.8, 4) is 17.3 Å². The zero-order chi connectivity index (χ0) is 24.2. The van der Waals surface area contributed by atoms with E-state index in [1.54, 1.807) is 6.07 Å². The molecule has 10 heteroatoms. The van der Waals surface area contributed by atoms with E-state index in [1.165, 1.54) is 12.1 Å². The predicted octanol–water partition coefficient (Wildman–Crippen LogP) is 3.89. The molecule has 176 valence electrons. The minimum atomic E-state index is -4.47. The molecule has 0 unspecified atom stereocenters. The number of aromatic nitrogens is 2. The van der Waals surface area contributed by atoms with E-state index in [9.17, 15) is 23.2 Å². The first kappa shape index (κ1) is 24.5. The lowest BCUT2D eigenvalue weighted by molar-refractivity contribution is -0.155. The number of hydrogen-bond donors (Lipinski definition) is 0. The minimum Gasteiger partial charge on any atom is -0.460 e. The van der Waals surface area contributed by atoms with Crippen LogP contribution in [0.4, 0.5) is 19.0 Å². The molecule has 3 rings (SSSR count). The molecule has 1 saturated heterocycles. The Kier molecular flexibility index (Phi) is 7.22. The highest BCUT2D eigenvalue weighted by molar-refractivity contribution is 5.70. The number of ether oxygens (including phenoxy) is 1. The Morgan fingerprint density at radius 1 is 1.12 bits per heavy atom. The lowest BCUT2D eigenvalue weighted by Crippen LogP contribution is -2.47. The van der Waals surface area contributed by atoms with Gasteiger partial charge in [0.1, 0.15) is 17.5 Å². The summed E-state index contributed by atoms with van der Waals surface area (Å²) in [5, 5.41) is 9.33. The highest BCUT2D eigenvalue weighted by atomic mass is 19.4. The van der Waals surface area contributed by atoms with Gasteiger partial charge in [-0.1, -0.05) is 12.1 Å². The Hall–Kier alpha value is -3.19. The summed E-state index contributed by atoms with van der Waals surface area (Å²) in [6, 6.07) is 8.34. The van der Waals surface area contributed by atoms with Crippen LogP contribution in [0.2, 0.25) is 0 Å². The third-order valence-electron chi connectivity index (χ3n) is 5.05. The fraction of sp³-hybridized carbons (Fsp3) is 0.478. The third-order valence-corrected chi connectivity index (χ3v) is 5.05. The van der Waals surface area contributed by atoms with Gasteiger partial charge in [-0.25, -0.2) is 9.97 Å². The summed E-state index contributed by atoms with van der Waals surface area (Å²) >= 11 is 0. The number of hydrogen-bond acceptors (Lipinski definition) is 7. The van der Waals surface area contributed by atoms with Crippen molar-refractivity contribution >= 4 is 11.8 Å². The Morgan fingerprint density at radius 2 is 1.82 bits per heavy atom. The molecule has 1 fully saturated rings. The van der Waals surface area contributed by atoms with Gasteiger partial charge in [-0.3, -0.25) is 9.69 Å². The monoisotopic (exact) mass is 461 g/mol. The van der Waals surface area contributed by atoms with Crippen LogP contribution in [0, 0.1) is 11.3 Å². The molecule has 1 aromatic carbocycles. The van der Waals surface area contributed by atoms with Crippen LogP contribution < -0.4 is 4.90 Å². The molecule has 0 saturated carbocycles. The van der Waals surface area contributed by atoms with Crippen LogP contribution in [-0.2, 0) is 15.7 Å². The van der Waals surface area contributed by atoms with Crippen molar-refractivity contribution in [2.75, 3.05) is 37.6 Å². The summed E-state index contributed by atoms with van der Waals surface area (Å²) < 4.78 is 44.6. The SMILES string of the molecule is CC(C)(C)OC(=O)CCN1CCN(c2cc(-c3cccc(C(F)(F)F)c3)nc(C#N)n2)CC1. The van der Waals surface area contributed by atoms with Gasteiger partial charge in [-0.2, -0.15) is 18.4 Å². The van der Waals surface area contributed by atoms with Crippen LogP contribution in [0.15, 0.2) is 30.3 Å². The Balaban J connectivity index is 1.69. The molecule has 7 nitrogen and oxygen atoms in total. The second-order valence-electron chi connectivity index (χ2n) is 8.79. The zero-order valence-corrected chi connectivity index (χ0v) is 18.8. The first-order chi connectivity index (χ1) is 15.4. The van der Waals surface area contributed by atoms with Gasteiger partial charge >= 0.3 is 12.1 Å².